The molecule has 0 saturated heterocycles. The Hall–Kier alpha value is -2.17. The van der Waals surface area contributed by atoms with Gasteiger partial charge in [-0.2, -0.15) is 8.78 Å². The highest BCUT2D eigenvalue weighted by Gasteiger charge is 2.12. The Morgan fingerprint density at radius 1 is 1.24 bits per heavy atom. The summed E-state index contributed by atoms with van der Waals surface area (Å²) in [6.07, 6.45) is 0. The average Bonchev–Trinajstić information content (AvgIpc) is 2.27. The van der Waals surface area contributed by atoms with Gasteiger partial charge in [-0.25, -0.2) is 4.79 Å². The van der Waals surface area contributed by atoms with Crippen molar-refractivity contribution in [3.63, 3.8) is 0 Å². The molecule has 0 amide bonds. The second-order valence-corrected chi connectivity index (χ2v) is 3.38. The lowest BCUT2D eigenvalue weighted by molar-refractivity contribution is -0.0498. The molecule has 88 valence electrons. The highest BCUT2D eigenvalue weighted by Crippen LogP contribution is 2.26. The van der Waals surface area contributed by atoms with E-state index >= 15 is 0 Å². The summed E-state index contributed by atoms with van der Waals surface area (Å²) in [5.74, 6) is -1.34. The van der Waals surface area contributed by atoms with Crippen LogP contribution in [0.2, 0.25) is 0 Å². The van der Waals surface area contributed by atoms with E-state index in [9.17, 15) is 13.6 Å². The second kappa shape index (κ2) is 4.37. The van der Waals surface area contributed by atoms with Crippen LogP contribution in [0, 0.1) is 0 Å². The molecule has 0 spiro atoms. The molecule has 2 aromatic carbocycles. The summed E-state index contributed by atoms with van der Waals surface area (Å²) in [7, 11) is 0. The smallest absolute Gasteiger partial charge is 0.387 e. The molecule has 0 bridgehead atoms. The molecule has 0 atom stereocenters. The summed E-state index contributed by atoms with van der Waals surface area (Å²) < 4.78 is 28.4. The van der Waals surface area contributed by atoms with Gasteiger partial charge in [-0.3, -0.25) is 0 Å². The lowest BCUT2D eigenvalue weighted by Crippen LogP contribution is -2.04. The largest absolute Gasteiger partial charge is 0.478 e. The van der Waals surface area contributed by atoms with Crippen molar-refractivity contribution in [1.29, 1.82) is 0 Å². The normalized spacial score (nSPS) is 10.8. The van der Waals surface area contributed by atoms with Crippen molar-refractivity contribution < 1.29 is 23.4 Å². The Morgan fingerprint density at radius 3 is 2.59 bits per heavy atom. The standard InChI is InChI=1S/C12H8F2O3/c13-12(14)17-8-5-7-3-1-2-4-9(7)10(6-8)11(15)16/h1-6,12H,(H,15,16). The molecule has 0 radical (unpaired) electrons. The number of alkyl halides is 2. The van der Waals surface area contributed by atoms with Crippen molar-refractivity contribution in [3.8, 4) is 5.75 Å². The van der Waals surface area contributed by atoms with Gasteiger partial charge in [0.2, 0.25) is 0 Å². The molecule has 1 N–H and O–H groups in total. The van der Waals surface area contributed by atoms with Gasteiger partial charge in [0.15, 0.2) is 0 Å². The van der Waals surface area contributed by atoms with E-state index in [1.54, 1.807) is 24.3 Å². The monoisotopic (exact) mass is 238 g/mol. The van der Waals surface area contributed by atoms with Crippen LogP contribution >= 0.6 is 0 Å². The SMILES string of the molecule is O=C(O)c1cc(OC(F)F)cc2ccccc12. The van der Waals surface area contributed by atoms with Crippen molar-refractivity contribution in [2.45, 2.75) is 6.61 Å². The number of hydrogen-bond donors (Lipinski definition) is 1. The number of carboxylic acid groups (broad SMARTS) is 1. The fourth-order valence-electron chi connectivity index (χ4n) is 1.63. The summed E-state index contributed by atoms with van der Waals surface area (Å²) in [5, 5.41) is 10.0. The maximum Gasteiger partial charge on any atom is 0.387 e. The first-order chi connectivity index (χ1) is 8.08. The Morgan fingerprint density at radius 2 is 1.94 bits per heavy atom. The molecular formula is C12H8F2O3. The van der Waals surface area contributed by atoms with Gasteiger partial charge in [-0.1, -0.05) is 24.3 Å². The molecule has 0 aliphatic carbocycles. The molecule has 17 heavy (non-hydrogen) atoms. The van der Waals surface area contributed by atoms with Crippen LogP contribution in [0.25, 0.3) is 10.8 Å². The number of carbonyl (C=O) groups is 1. The third-order valence-corrected chi connectivity index (χ3v) is 2.29. The quantitative estimate of drug-likeness (QED) is 0.893. The summed E-state index contributed by atoms with van der Waals surface area (Å²) in [4.78, 5) is 11.0. The van der Waals surface area contributed by atoms with E-state index in [0.717, 1.165) is 6.07 Å². The van der Waals surface area contributed by atoms with Crippen molar-refractivity contribution in [2.24, 2.45) is 0 Å². The minimum Gasteiger partial charge on any atom is -0.478 e. The molecule has 0 aliphatic heterocycles. The first-order valence-corrected chi connectivity index (χ1v) is 4.79. The van der Waals surface area contributed by atoms with Crippen molar-refractivity contribution >= 4 is 16.7 Å². The minimum absolute atomic E-state index is 0.0567. The second-order valence-electron chi connectivity index (χ2n) is 3.38. The maximum atomic E-state index is 12.1. The fraction of sp³-hybridized carbons (Fsp3) is 0.0833. The van der Waals surface area contributed by atoms with Crippen LogP contribution in [-0.4, -0.2) is 17.7 Å². The van der Waals surface area contributed by atoms with Crippen LogP contribution in [0.5, 0.6) is 5.75 Å². The van der Waals surface area contributed by atoms with Gasteiger partial charge in [0.05, 0.1) is 5.56 Å². The van der Waals surface area contributed by atoms with Crippen LogP contribution in [0.15, 0.2) is 36.4 Å². The van der Waals surface area contributed by atoms with Crippen LogP contribution in [0.1, 0.15) is 10.4 Å². The van der Waals surface area contributed by atoms with Gasteiger partial charge in [0, 0.05) is 0 Å². The van der Waals surface area contributed by atoms with Crippen molar-refractivity contribution in [3.05, 3.63) is 42.0 Å². The average molecular weight is 238 g/mol. The molecule has 0 saturated carbocycles. The number of benzene rings is 2. The Kier molecular flexibility index (Phi) is 2.91. The molecule has 0 unspecified atom stereocenters. The number of aromatic carboxylic acids is 1. The molecule has 5 heteroatoms. The summed E-state index contributed by atoms with van der Waals surface area (Å²) in [6, 6.07) is 9.11. The van der Waals surface area contributed by atoms with Gasteiger partial charge in [0.1, 0.15) is 5.75 Å². The fourth-order valence-corrected chi connectivity index (χ4v) is 1.63. The predicted molar refractivity (Wildman–Crippen MR) is 57.5 cm³/mol. The summed E-state index contributed by atoms with van der Waals surface area (Å²) >= 11 is 0. The molecule has 2 rings (SSSR count). The zero-order valence-corrected chi connectivity index (χ0v) is 8.56. The topological polar surface area (TPSA) is 46.5 Å². The predicted octanol–water partition coefficient (Wildman–Crippen LogP) is 3.14. The Bertz CT molecular complexity index is 567. The van der Waals surface area contributed by atoms with Gasteiger partial charge < -0.3 is 9.84 Å². The first kappa shape index (κ1) is 11.3. The summed E-state index contributed by atoms with van der Waals surface area (Å²) in [5.41, 5.74) is -0.0567. The highest BCUT2D eigenvalue weighted by atomic mass is 19.3. The van der Waals surface area contributed by atoms with Crippen LogP contribution in [-0.2, 0) is 0 Å². The zero-order chi connectivity index (χ0) is 12.4. The van der Waals surface area contributed by atoms with E-state index < -0.39 is 12.6 Å². The summed E-state index contributed by atoms with van der Waals surface area (Å²) in [6.45, 7) is -2.97. The van der Waals surface area contributed by atoms with Gasteiger partial charge >= 0.3 is 12.6 Å². The zero-order valence-electron chi connectivity index (χ0n) is 8.56. The van der Waals surface area contributed by atoms with E-state index in [1.807, 2.05) is 0 Å². The number of carboxylic acids is 1. The number of hydrogen-bond acceptors (Lipinski definition) is 2. The number of ether oxygens (including phenoxy) is 1. The maximum absolute atomic E-state index is 12.1. The van der Waals surface area contributed by atoms with Crippen LogP contribution in [0.4, 0.5) is 8.78 Å². The van der Waals surface area contributed by atoms with Gasteiger partial charge in [-0.15, -0.1) is 0 Å². The number of halogens is 2. The van der Waals surface area contributed by atoms with E-state index in [2.05, 4.69) is 4.74 Å². The van der Waals surface area contributed by atoms with E-state index in [0.29, 0.717) is 10.8 Å². The number of rotatable bonds is 3. The third-order valence-electron chi connectivity index (χ3n) is 2.29. The van der Waals surface area contributed by atoms with E-state index in [1.165, 1.54) is 6.07 Å². The molecule has 0 aliphatic rings. The number of fused-ring (bicyclic) bond motifs is 1. The minimum atomic E-state index is -2.97. The molecule has 2 aromatic rings. The lowest BCUT2D eigenvalue weighted by atomic mass is 10.0. The molecule has 0 fully saturated rings. The third kappa shape index (κ3) is 2.33. The van der Waals surface area contributed by atoms with Crippen molar-refractivity contribution in [1.82, 2.24) is 0 Å². The van der Waals surface area contributed by atoms with Crippen molar-refractivity contribution in [2.75, 3.05) is 0 Å². The molecular weight excluding hydrogens is 230 g/mol. The lowest BCUT2D eigenvalue weighted by Gasteiger charge is -2.08. The van der Waals surface area contributed by atoms with E-state index in [-0.39, 0.29) is 11.3 Å². The van der Waals surface area contributed by atoms with E-state index in [4.69, 9.17) is 5.11 Å². The Labute approximate surface area is 95.2 Å². The highest BCUT2D eigenvalue weighted by molar-refractivity contribution is 6.04. The first-order valence-electron chi connectivity index (χ1n) is 4.79. The van der Waals surface area contributed by atoms with Gasteiger partial charge in [-0.05, 0) is 22.9 Å². The van der Waals surface area contributed by atoms with Gasteiger partial charge in [0.25, 0.3) is 0 Å². The molecule has 0 aromatic heterocycles. The van der Waals surface area contributed by atoms with Crippen LogP contribution in [0.3, 0.4) is 0 Å². The Balaban J connectivity index is 2.63. The van der Waals surface area contributed by atoms with Crippen LogP contribution < -0.4 is 4.74 Å². The molecule has 0 heterocycles. The molecule has 3 nitrogen and oxygen atoms in total.